The molecule has 0 spiro atoms. The van der Waals surface area contributed by atoms with Gasteiger partial charge >= 0.3 is 0 Å². The van der Waals surface area contributed by atoms with Gasteiger partial charge in [-0.25, -0.2) is 16.8 Å². The van der Waals surface area contributed by atoms with Gasteiger partial charge in [-0.05, 0) is 56.2 Å². The van der Waals surface area contributed by atoms with Gasteiger partial charge < -0.3 is 0 Å². The third-order valence-corrected chi connectivity index (χ3v) is 7.40. The van der Waals surface area contributed by atoms with Crippen LogP contribution in [-0.2, 0) is 20.0 Å². The van der Waals surface area contributed by atoms with Gasteiger partial charge in [-0.1, -0.05) is 17.7 Å². The van der Waals surface area contributed by atoms with E-state index >= 15 is 0 Å². The molecule has 0 atom stereocenters. The molecule has 0 amide bonds. The Hall–Kier alpha value is -2.06. The van der Waals surface area contributed by atoms with Gasteiger partial charge in [0.25, 0.3) is 10.0 Å². The highest BCUT2D eigenvalue weighted by molar-refractivity contribution is 7.93. The van der Waals surface area contributed by atoms with E-state index < -0.39 is 20.0 Å². The van der Waals surface area contributed by atoms with E-state index in [-0.39, 0.29) is 10.6 Å². The number of hydrogen-bond acceptors (Lipinski definition) is 4. The lowest BCUT2D eigenvalue weighted by Gasteiger charge is -2.20. The predicted molar refractivity (Wildman–Crippen MR) is 98.9 cm³/mol. The lowest BCUT2D eigenvalue weighted by Crippen LogP contribution is -2.25. The molecule has 0 saturated carbocycles. The van der Waals surface area contributed by atoms with Gasteiger partial charge in [-0.2, -0.15) is 0 Å². The van der Waals surface area contributed by atoms with E-state index in [1.165, 1.54) is 4.31 Å². The fourth-order valence-electron chi connectivity index (χ4n) is 2.84. The van der Waals surface area contributed by atoms with Crippen LogP contribution in [0.5, 0.6) is 0 Å². The second-order valence-corrected chi connectivity index (χ2v) is 9.86. The minimum atomic E-state index is -3.68. The topological polar surface area (TPSA) is 83.6 Å². The van der Waals surface area contributed by atoms with Crippen molar-refractivity contribution in [1.82, 2.24) is 0 Å². The zero-order valence-corrected chi connectivity index (χ0v) is 15.7. The van der Waals surface area contributed by atoms with E-state index in [2.05, 4.69) is 4.72 Å². The molecule has 1 heterocycles. The molecule has 8 heteroatoms. The van der Waals surface area contributed by atoms with Crippen LogP contribution in [0.3, 0.4) is 0 Å². The van der Waals surface area contributed by atoms with Gasteiger partial charge in [0.1, 0.15) is 0 Å². The van der Waals surface area contributed by atoms with Crippen molar-refractivity contribution in [3.8, 4) is 0 Å². The van der Waals surface area contributed by atoms with Crippen LogP contribution < -0.4 is 9.03 Å². The van der Waals surface area contributed by atoms with Crippen LogP contribution in [0.25, 0.3) is 0 Å². The van der Waals surface area contributed by atoms with Gasteiger partial charge in [-0.15, -0.1) is 0 Å². The molecule has 1 fully saturated rings. The summed E-state index contributed by atoms with van der Waals surface area (Å²) in [6.07, 6.45) is 0.601. The van der Waals surface area contributed by atoms with Crippen LogP contribution in [0, 0.1) is 13.8 Å². The third-order valence-electron chi connectivity index (χ3n) is 4.15. The predicted octanol–water partition coefficient (Wildman–Crippen LogP) is 2.64. The van der Waals surface area contributed by atoms with E-state index in [0.717, 1.165) is 5.56 Å². The van der Waals surface area contributed by atoms with Crippen molar-refractivity contribution in [2.24, 2.45) is 0 Å². The first-order chi connectivity index (χ1) is 11.7. The summed E-state index contributed by atoms with van der Waals surface area (Å²) in [6.45, 7) is 4.11. The molecular weight excluding hydrogens is 360 g/mol. The van der Waals surface area contributed by atoms with E-state index in [1.807, 2.05) is 6.92 Å². The molecule has 3 rings (SSSR count). The second kappa shape index (κ2) is 6.34. The lowest BCUT2D eigenvalue weighted by molar-refractivity contribution is 0.598. The minimum Gasteiger partial charge on any atom is -0.280 e. The molecular formula is C17H20N2O4S2. The molecule has 0 radical (unpaired) electrons. The molecule has 1 aliphatic heterocycles. The quantitative estimate of drug-likeness (QED) is 0.884. The largest absolute Gasteiger partial charge is 0.280 e. The smallest absolute Gasteiger partial charge is 0.261 e. The highest BCUT2D eigenvalue weighted by Crippen LogP contribution is 2.30. The SMILES string of the molecule is Cc1ccc(S(=O)(=O)Nc2ccc(N3CCCS3(=O)=O)c(C)c2)cc1. The first-order valence-electron chi connectivity index (χ1n) is 7.90. The first-order valence-corrected chi connectivity index (χ1v) is 11.0. The minimum absolute atomic E-state index is 0.147. The third kappa shape index (κ3) is 3.64. The Morgan fingerprint density at radius 2 is 1.72 bits per heavy atom. The summed E-state index contributed by atoms with van der Waals surface area (Å²) in [4.78, 5) is 0.182. The van der Waals surface area contributed by atoms with Gasteiger partial charge in [0, 0.05) is 12.2 Å². The Balaban J connectivity index is 1.87. The average molecular weight is 380 g/mol. The van der Waals surface area contributed by atoms with Crippen molar-refractivity contribution < 1.29 is 16.8 Å². The van der Waals surface area contributed by atoms with Crippen LogP contribution in [0.15, 0.2) is 47.4 Å². The van der Waals surface area contributed by atoms with Crippen LogP contribution in [-0.4, -0.2) is 29.1 Å². The maximum absolute atomic E-state index is 12.5. The number of benzene rings is 2. The molecule has 2 aromatic carbocycles. The molecule has 1 saturated heterocycles. The fraction of sp³-hybridized carbons (Fsp3) is 0.294. The first kappa shape index (κ1) is 17.8. The summed E-state index contributed by atoms with van der Waals surface area (Å²) in [7, 11) is -6.95. The summed E-state index contributed by atoms with van der Waals surface area (Å²) < 4.78 is 52.9. The zero-order valence-electron chi connectivity index (χ0n) is 14.1. The Bertz CT molecular complexity index is 997. The summed E-state index contributed by atoms with van der Waals surface area (Å²) in [5, 5.41) is 0. The standard InChI is InChI=1S/C17H20N2O4S2/c1-13-4-7-16(8-5-13)25(22,23)18-15-6-9-17(14(2)12-15)19-10-3-11-24(19,20)21/h4-9,12,18H,3,10-11H2,1-2H3. The summed E-state index contributed by atoms with van der Waals surface area (Å²) >= 11 is 0. The Labute approximate surface area is 148 Å². The molecule has 6 nitrogen and oxygen atoms in total. The van der Waals surface area contributed by atoms with Crippen LogP contribution >= 0.6 is 0 Å². The Kier molecular flexibility index (Phi) is 4.51. The molecule has 25 heavy (non-hydrogen) atoms. The number of sulfonamides is 2. The van der Waals surface area contributed by atoms with Crippen LogP contribution in [0.4, 0.5) is 11.4 Å². The molecule has 2 aromatic rings. The van der Waals surface area contributed by atoms with Crippen molar-refractivity contribution in [3.63, 3.8) is 0 Å². The summed E-state index contributed by atoms with van der Waals surface area (Å²) in [5.74, 6) is 0.147. The summed E-state index contributed by atoms with van der Waals surface area (Å²) in [6, 6.07) is 11.5. The number of nitrogens with one attached hydrogen (secondary N) is 1. The summed E-state index contributed by atoms with van der Waals surface area (Å²) in [5.41, 5.74) is 2.68. The van der Waals surface area contributed by atoms with Crippen molar-refractivity contribution >= 4 is 31.4 Å². The number of hydrogen-bond donors (Lipinski definition) is 1. The Morgan fingerprint density at radius 1 is 1.04 bits per heavy atom. The molecule has 134 valence electrons. The zero-order chi connectivity index (χ0) is 18.2. The van der Waals surface area contributed by atoms with Crippen molar-refractivity contribution in [2.75, 3.05) is 21.3 Å². The van der Waals surface area contributed by atoms with E-state index in [1.54, 1.807) is 49.4 Å². The van der Waals surface area contributed by atoms with Crippen LogP contribution in [0.1, 0.15) is 17.5 Å². The van der Waals surface area contributed by atoms with Gasteiger partial charge in [-0.3, -0.25) is 9.03 Å². The molecule has 0 unspecified atom stereocenters. The number of aryl methyl sites for hydroxylation is 2. The molecule has 1 N–H and O–H groups in total. The average Bonchev–Trinajstić information content (AvgIpc) is 2.87. The van der Waals surface area contributed by atoms with E-state index in [9.17, 15) is 16.8 Å². The van der Waals surface area contributed by atoms with Gasteiger partial charge in [0.2, 0.25) is 10.0 Å². The van der Waals surface area contributed by atoms with Crippen molar-refractivity contribution in [1.29, 1.82) is 0 Å². The lowest BCUT2D eigenvalue weighted by atomic mass is 10.2. The second-order valence-electron chi connectivity index (χ2n) is 6.16. The maximum Gasteiger partial charge on any atom is 0.261 e. The van der Waals surface area contributed by atoms with Crippen molar-refractivity contribution in [2.45, 2.75) is 25.2 Å². The number of anilines is 2. The molecule has 0 bridgehead atoms. The molecule has 0 aromatic heterocycles. The maximum atomic E-state index is 12.5. The fourth-order valence-corrected chi connectivity index (χ4v) is 5.52. The Morgan fingerprint density at radius 3 is 2.28 bits per heavy atom. The normalized spacial score (nSPS) is 16.8. The van der Waals surface area contributed by atoms with Crippen LogP contribution in [0.2, 0.25) is 0 Å². The number of rotatable bonds is 4. The molecule has 0 aliphatic carbocycles. The molecule has 1 aliphatic rings. The highest BCUT2D eigenvalue weighted by atomic mass is 32.2. The number of nitrogens with zero attached hydrogens (tertiary/aromatic N) is 1. The monoisotopic (exact) mass is 380 g/mol. The van der Waals surface area contributed by atoms with E-state index in [0.29, 0.717) is 29.9 Å². The van der Waals surface area contributed by atoms with Crippen molar-refractivity contribution in [3.05, 3.63) is 53.6 Å². The highest BCUT2D eigenvalue weighted by Gasteiger charge is 2.29. The van der Waals surface area contributed by atoms with Gasteiger partial charge in [0.05, 0.1) is 16.3 Å². The van der Waals surface area contributed by atoms with Gasteiger partial charge in [0.15, 0.2) is 0 Å². The van der Waals surface area contributed by atoms with E-state index in [4.69, 9.17) is 0 Å².